The molecule has 0 aromatic heterocycles. The number of carbonyl (C=O) groups is 5. The molecule has 0 fully saturated rings. The summed E-state index contributed by atoms with van der Waals surface area (Å²) >= 11 is 0. The molecule has 0 atom stereocenters. The zero-order chi connectivity index (χ0) is 45.2. The van der Waals surface area contributed by atoms with E-state index in [1.54, 1.807) is 58.0 Å². The van der Waals surface area contributed by atoms with Crippen LogP contribution in [-0.4, -0.2) is 69.5 Å². The molecule has 0 bridgehead atoms. The van der Waals surface area contributed by atoms with Crippen LogP contribution >= 0.6 is 0 Å². The fraction of sp³-hybridized carbons (Fsp3) is 0.327. The maximum atomic E-state index is 12.6. The van der Waals surface area contributed by atoms with E-state index in [1.807, 2.05) is 62.4 Å². The van der Waals surface area contributed by atoms with Gasteiger partial charge in [-0.25, -0.2) is 24.0 Å². The molecule has 0 saturated carbocycles. The average Bonchev–Trinajstić information content (AvgIpc) is 3.23. The summed E-state index contributed by atoms with van der Waals surface area (Å²) < 4.78 is 38.8. The Bertz CT molecular complexity index is 2030. The van der Waals surface area contributed by atoms with Crippen LogP contribution in [0.5, 0.6) is 17.2 Å². The lowest BCUT2D eigenvalue weighted by Crippen LogP contribution is -2.33. The van der Waals surface area contributed by atoms with Gasteiger partial charge in [-0.3, -0.25) is 0 Å². The van der Waals surface area contributed by atoms with Crippen molar-refractivity contribution in [3.05, 3.63) is 133 Å². The van der Waals surface area contributed by atoms with Gasteiger partial charge in [0.15, 0.2) is 0 Å². The molecule has 0 aliphatic carbocycles. The Morgan fingerprint density at radius 2 is 0.803 bits per heavy atom. The van der Waals surface area contributed by atoms with Crippen molar-refractivity contribution in [1.82, 2.24) is 0 Å². The minimum absolute atomic E-state index is 0.00860. The quantitative estimate of drug-likeness (QED) is 0.0367. The molecule has 0 spiro atoms. The summed E-state index contributed by atoms with van der Waals surface area (Å²) in [6, 6.07) is 21.8. The number of benzene rings is 3. The van der Waals surface area contributed by atoms with Gasteiger partial charge in [-0.1, -0.05) is 76.6 Å². The van der Waals surface area contributed by atoms with Gasteiger partial charge >= 0.3 is 29.8 Å². The van der Waals surface area contributed by atoms with E-state index in [1.165, 1.54) is 6.08 Å². The second kappa shape index (κ2) is 23.2. The first-order chi connectivity index (χ1) is 28.8. The van der Waals surface area contributed by atoms with Crippen LogP contribution in [-0.2, 0) is 42.9 Å². The lowest BCUT2D eigenvalue weighted by atomic mass is 9.89. The highest BCUT2D eigenvalue weighted by Gasteiger charge is 2.30. The van der Waals surface area contributed by atoms with E-state index in [9.17, 15) is 24.0 Å². The first kappa shape index (κ1) is 48.7. The molecule has 0 radical (unpaired) electrons. The van der Waals surface area contributed by atoms with Gasteiger partial charge in [0.1, 0.15) is 43.7 Å². The number of carbonyl (C=O) groups excluding carboxylic acids is 5. The molecule has 12 heteroatoms. The lowest BCUT2D eigenvalue weighted by molar-refractivity contribution is -0.150. The fourth-order valence-electron chi connectivity index (χ4n) is 5.10. The fourth-order valence-corrected chi connectivity index (χ4v) is 5.10. The molecule has 0 unspecified atom stereocenters. The molecule has 324 valence electrons. The van der Waals surface area contributed by atoms with Crippen LogP contribution < -0.4 is 14.2 Å². The maximum Gasteiger partial charge on any atom is 0.336 e. The van der Waals surface area contributed by atoms with Crippen molar-refractivity contribution in [3.63, 3.8) is 0 Å². The van der Waals surface area contributed by atoms with Crippen molar-refractivity contribution >= 4 is 35.9 Å². The third-order valence-electron chi connectivity index (χ3n) is 9.10. The van der Waals surface area contributed by atoms with E-state index in [-0.39, 0.29) is 61.9 Å². The summed E-state index contributed by atoms with van der Waals surface area (Å²) in [4.78, 5) is 60.6. The van der Waals surface area contributed by atoms with E-state index in [0.717, 1.165) is 16.7 Å². The Morgan fingerprint density at radius 1 is 0.492 bits per heavy atom. The highest BCUT2D eigenvalue weighted by Crippen LogP contribution is 2.28. The monoisotopic (exact) mass is 836 g/mol. The Labute approximate surface area is 358 Å². The molecule has 3 rings (SSSR count). The van der Waals surface area contributed by atoms with Gasteiger partial charge in [0.2, 0.25) is 0 Å². The van der Waals surface area contributed by atoms with Gasteiger partial charge in [-0.05, 0) is 99.7 Å². The first-order valence-corrected chi connectivity index (χ1v) is 19.5. The van der Waals surface area contributed by atoms with Crippen LogP contribution in [0, 0.1) is 10.8 Å². The number of esters is 5. The van der Waals surface area contributed by atoms with Crippen molar-refractivity contribution in [2.24, 2.45) is 10.8 Å². The van der Waals surface area contributed by atoms with Crippen LogP contribution in [0.1, 0.15) is 59.9 Å². The smallest absolute Gasteiger partial charge is 0.336 e. The van der Waals surface area contributed by atoms with Crippen molar-refractivity contribution < 1.29 is 57.1 Å². The minimum atomic E-state index is -0.731. The zero-order valence-corrected chi connectivity index (χ0v) is 36.0. The van der Waals surface area contributed by atoms with Gasteiger partial charge in [0.05, 0.1) is 13.2 Å². The first-order valence-electron chi connectivity index (χ1n) is 19.5. The average molecular weight is 837 g/mol. The molecule has 0 N–H and O–H groups in total. The van der Waals surface area contributed by atoms with Crippen LogP contribution in [0.15, 0.2) is 127 Å². The van der Waals surface area contributed by atoms with E-state index in [2.05, 4.69) is 26.3 Å². The predicted octanol–water partition coefficient (Wildman–Crippen LogP) is 9.00. The van der Waals surface area contributed by atoms with Crippen molar-refractivity contribution in [1.29, 1.82) is 0 Å². The molecule has 0 heterocycles. The predicted molar refractivity (Wildman–Crippen MR) is 233 cm³/mol. The van der Waals surface area contributed by atoms with E-state index in [0.29, 0.717) is 30.1 Å². The molecule has 0 saturated heterocycles. The summed E-state index contributed by atoms with van der Waals surface area (Å²) in [7, 11) is 0. The maximum absolute atomic E-state index is 12.6. The Balaban J connectivity index is 1.49. The molecule has 12 nitrogen and oxygen atoms in total. The Hall–Kier alpha value is -6.69. The molecule has 61 heavy (non-hydrogen) atoms. The minimum Gasteiger partial charge on any atom is -0.494 e. The van der Waals surface area contributed by atoms with Crippen molar-refractivity contribution in [2.45, 2.75) is 54.4 Å². The Morgan fingerprint density at radius 3 is 1.15 bits per heavy atom. The largest absolute Gasteiger partial charge is 0.494 e. The van der Waals surface area contributed by atoms with E-state index in [4.69, 9.17) is 33.2 Å². The molecule has 0 aliphatic rings. The standard InChI is InChI=1S/C49H56O12/c1-33(2)44(51)57-29-48(9,30-58-45(52)34(3)4)25-27-55-40-18-16-39(17-19-40)38-14-11-37(12-15-38)13-24-43(50)61-42-22-20-41(21-23-42)56-28-26-49(10,31-59-46(53)35(5)6)32-60-47(54)36(7)8/h11-24H,1,3,5,7,25-32H2,2,4,6,8-10H3/b24-13+. The molecular formula is C49H56O12. The third-order valence-corrected chi connectivity index (χ3v) is 9.10. The molecule has 3 aromatic rings. The van der Waals surface area contributed by atoms with Crippen molar-refractivity contribution in [3.8, 4) is 28.4 Å². The highest BCUT2D eigenvalue weighted by molar-refractivity contribution is 5.89. The van der Waals surface area contributed by atoms with Gasteiger partial charge < -0.3 is 33.2 Å². The second-order valence-electron chi connectivity index (χ2n) is 15.6. The van der Waals surface area contributed by atoms with Crippen LogP contribution in [0.4, 0.5) is 0 Å². The summed E-state index contributed by atoms with van der Waals surface area (Å²) in [5.74, 6) is -1.18. The van der Waals surface area contributed by atoms with E-state index >= 15 is 0 Å². The van der Waals surface area contributed by atoms with Crippen LogP contribution in [0.3, 0.4) is 0 Å². The van der Waals surface area contributed by atoms with Gasteiger partial charge in [0, 0.05) is 39.2 Å². The number of ether oxygens (including phenoxy) is 7. The number of rotatable bonds is 24. The summed E-state index contributed by atoms with van der Waals surface area (Å²) in [5, 5.41) is 0. The SMILES string of the molecule is C=C(C)C(=O)OCC(C)(CCOc1ccc(OC(=O)/C=C/c2ccc(-c3ccc(OCCC(C)(COC(=O)C(=C)C)COC(=O)C(=C)C)cc3)cc2)cc1)COC(=O)C(=C)C. The number of hydrogen-bond acceptors (Lipinski definition) is 12. The van der Waals surface area contributed by atoms with Gasteiger partial charge in [0.25, 0.3) is 0 Å². The second-order valence-corrected chi connectivity index (χ2v) is 15.6. The van der Waals surface area contributed by atoms with Gasteiger partial charge in [-0.15, -0.1) is 0 Å². The normalized spacial score (nSPS) is 11.2. The van der Waals surface area contributed by atoms with Crippen LogP contribution in [0.2, 0.25) is 0 Å². The van der Waals surface area contributed by atoms with E-state index < -0.39 is 40.7 Å². The third kappa shape index (κ3) is 17.2. The van der Waals surface area contributed by atoms with Gasteiger partial charge in [-0.2, -0.15) is 0 Å². The lowest BCUT2D eigenvalue weighted by Gasteiger charge is -2.28. The Kier molecular flexibility index (Phi) is 18.5. The molecule has 0 amide bonds. The highest BCUT2D eigenvalue weighted by atomic mass is 16.6. The summed E-state index contributed by atoms with van der Waals surface area (Å²) in [6.45, 7) is 24.8. The number of hydrogen-bond donors (Lipinski definition) is 0. The molecule has 0 aliphatic heterocycles. The molecule has 3 aromatic carbocycles. The molecular weight excluding hydrogens is 781 g/mol. The summed E-state index contributed by atoms with van der Waals surface area (Å²) in [6.07, 6.45) is 3.83. The topological polar surface area (TPSA) is 150 Å². The van der Waals surface area contributed by atoms with Crippen LogP contribution in [0.25, 0.3) is 17.2 Å². The van der Waals surface area contributed by atoms with Crippen molar-refractivity contribution in [2.75, 3.05) is 39.6 Å². The summed E-state index contributed by atoms with van der Waals surface area (Å²) in [5.41, 5.74) is 2.36. The zero-order valence-electron chi connectivity index (χ0n) is 36.0.